The van der Waals surface area contributed by atoms with E-state index in [0.29, 0.717) is 22.2 Å². The number of nitrogens with zero attached hydrogens (tertiary/aromatic N) is 3. The number of aryl methyl sites for hydroxylation is 2. The molecule has 1 heterocycles. The third-order valence-electron chi connectivity index (χ3n) is 4.25. The van der Waals surface area contributed by atoms with E-state index in [2.05, 4.69) is 5.10 Å². The zero-order chi connectivity index (χ0) is 19.6. The molecular weight excluding hydrogens is 358 g/mol. The lowest BCUT2D eigenvalue weighted by Gasteiger charge is -2.18. The van der Waals surface area contributed by atoms with E-state index in [1.807, 2.05) is 32.9 Å². The third-order valence-corrected chi connectivity index (χ3v) is 4.66. The lowest BCUT2D eigenvalue weighted by atomic mass is 10.0. The van der Waals surface area contributed by atoms with Gasteiger partial charge in [0.15, 0.2) is 0 Å². The molecule has 7 nitrogen and oxygen atoms in total. The summed E-state index contributed by atoms with van der Waals surface area (Å²) in [5, 5.41) is 26.2. The van der Waals surface area contributed by atoms with Crippen LogP contribution in [0, 0.1) is 30.9 Å². The van der Waals surface area contributed by atoms with E-state index in [1.165, 1.54) is 4.68 Å². The Kier molecular flexibility index (Phi) is 6.26. The Morgan fingerprint density at radius 2 is 2.00 bits per heavy atom. The van der Waals surface area contributed by atoms with E-state index >= 15 is 0 Å². The van der Waals surface area contributed by atoms with Crippen molar-refractivity contribution in [2.45, 2.75) is 53.2 Å². The van der Waals surface area contributed by atoms with Crippen LogP contribution in [-0.4, -0.2) is 32.5 Å². The molecule has 0 amide bonds. The third kappa shape index (κ3) is 4.34. The van der Waals surface area contributed by atoms with Crippen molar-refractivity contribution in [2.75, 3.05) is 6.61 Å². The Hall–Kier alpha value is -2.12. The zero-order valence-corrected chi connectivity index (χ0v) is 16.4. The van der Waals surface area contributed by atoms with Gasteiger partial charge >= 0.3 is 5.69 Å². The van der Waals surface area contributed by atoms with Gasteiger partial charge in [-0.1, -0.05) is 25.4 Å². The average molecular weight is 382 g/mol. The van der Waals surface area contributed by atoms with Crippen LogP contribution in [-0.2, 0) is 6.54 Å². The van der Waals surface area contributed by atoms with Gasteiger partial charge in [0.1, 0.15) is 29.8 Å². The fourth-order valence-electron chi connectivity index (χ4n) is 2.81. The highest BCUT2D eigenvalue weighted by Gasteiger charge is 2.23. The van der Waals surface area contributed by atoms with Crippen LogP contribution in [0.3, 0.4) is 0 Å². The first-order chi connectivity index (χ1) is 12.1. The molecule has 26 heavy (non-hydrogen) atoms. The number of aromatic nitrogens is 2. The lowest BCUT2D eigenvalue weighted by molar-refractivity contribution is -0.386. The van der Waals surface area contributed by atoms with Crippen molar-refractivity contribution in [3.8, 4) is 5.75 Å². The fourth-order valence-corrected chi connectivity index (χ4v) is 2.99. The number of halogens is 1. The van der Waals surface area contributed by atoms with Crippen molar-refractivity contribution >= 4 is 17.3 Å². The number of aliphatic hydroxyl groups is 1. The molecule has 0 aliphatic heterocycles. The Morgan fingerprint density at radius 3 is 2.54 bits per heavy atom. The molecule has 0 radical (unpaired) electrons. The second-order valence-corrected chi connectivity index (χ2v) is 7.12. The number of hydrogen-bond donors (Lipinski definition) is 1. The second kappa shape index (κ2) is 8.05. The molecule has 1 aromatic carbocycles. The first-order valence-corrected chi connectivity index (χ1v) is 8.78. The Bertz CT molecular complexity index is 817. The molecule has 2 aromatic rings. The van der Waals surface area contributed by atoms with Crippen molar-refractivity contribution in [3.63, 3.8) is 0 Å². The number of aliphatic hydroxyl groups excluding tert-OH is 1. The monoisotopic (exact) mass is 381 g/mol. The topological polar surface area (TPSA) is 90.4 Å². The Morgan fingerprint density at radius 1 is 1.35 bits per heavy atom. The van der Waals surface area contributed by atoms with Crippen LogP contribution >= 0.6 is 11.6 Å². The van der Waals surface area contributed by atoms with E-state index < -0.39 is 11.0 Å². The predicted molar refractivity (Wildman–Crippen MR) is 100 cm³/mol. The lowest BCUT2D eigenvalue weighted by Crippen LogP contribution is -2.25. The molecule has 1 unspecified atom stereocenters. The number of rotatable bonds is 7. The van der Waals surface area contributed by atoms with Crippen LogP contribution in [0.5, 0.6) is 5.75 Å². The summed E-state index contributed by atoms with van der Waals surface area (Å²) < 4.78 is 7.25. The molecule has 0 saturated heterocycles. The molecular formula is C18H24ClN3O4. The van der Waals surface area contributed by atoms with E-state index in [4.69, 9.17) is 16.3 Å². The number of ether oxygens (including phenoxy) is 1. The van der Waals surface area contributed by atoms with Crippen molar-refractivity contribution < 1.29 is 14.8 Å². The van der Waals surface area contributed by atoms with E-state index in [0.717, 1.165) is 11.1 Å². The van der Waals surface area contributed by atoms with Gasteiger partial charge in [0.05, 0.1) is 11.5 Å². The van der Waals surface area contributed by atoms with Crippen LogP contribution in [0.25, 0.3) is 0 Å². The highest BCUT2D eigenvalue weighted by atomic mass is 35.5. The summed E-state index contributed by atoms with van der Waals surface area (Å²) in [6.45, 7) is 9.33. The summed E-state index contributed by atoms with van der Waals surface area (Å²) in [4.78, 5) is 10.6. The van der Waals surface area contributed by atoms with Crippen LogP contribution in [0.15, 0.2) is 12.1 Å². The van der Waals surface area contributed by atoms with Gasteiger partial charge < -0.3 is 9.84 Å². The predicted octanol–water partition coefficient (Wildman–Crippen LogP) is 3.93. The van der Waals surface area contributed by atoms with E-state index in [1.54, 1.807) is 13.8 Å². The first kappa shape index (κ1) is 20.2. The molecule has 1 aromatic heterocycles. The molecule has 0 fully saturated rings. The molecule has 142 valence electrons. The summed E-state index contributed by atoms with van der Waals surface area (Å²) >= 11 is 6.19. The minimum atomic E-state index is -0.858. The molecule has 2 rings (SSSR count). The minimum absolute atomic E-state index is 0.0199. The SMILES string of the molecule is Cc1cc(OCC(O)Cn2nc(C)c([N+](=O)[O-])c2C)c(C(C)C)cc1Cl. The van der Waals surface area contributed by atoms with Crippen molar-refractivity contribution in [1.82, 2.24) is 9.78 Å². The normalized spacial score (nSPS) is 12.5. The maximum absolute atomic E-state index is 11.1. The molecule has 0 aliphatic carbocycles. The van der Waals surface area contributed by atoms with Crippen LogP contribution in [0.2, 0.25) is 5.02 Å². The van der Waals surface area contributed by atoms with Crippen LogP contribution in [0.4, 0.5) is 5.69 Å². The average Bonchev–Trinajstić information content (AvgIpc) is 2.81. The largest absolute Gasteiger partial charge is 0.491 e. The van der Waals surface area contributed by atoms with Crippen molar-refractivity contribution in [3.05, 3.63) is 49.8 Å². The van der Waals surface area contributed by atoms with Gasteiger partial charge in [-0.25, -0.2) is 0 Å². The number of hydrogen-bond acceptors (Lipinski definition) is 5. The molecule has 1 atom stereocenters. The number of benzene rings is 1. The van der Waals surface area contributed by atoms with Crippen LogP contribution in [0.1, 0.15) is 42.3 Å². The van der Waals surface area contributed by atoms with E-state index in [-0.39, 0.29) is 24.8 Å². The smallest absolute Gasteiger partial charge is 0.312 e. The number of nitro groups is 1. The van der Waals surface area contributed by atoms with Gasteiger partial charge in [0.2, 0.25) is 0 Å². The van der Waals surface area contributed by atoms with Gasteiger partial charge in [-0.15, -0.1) is 0 Å². The molecule has 0 saturated carbocycles. The highest BCUT2D eigenvalue weighted by Crippen LogP contribution is 2.32. The highest BCUT2D eigenvalue weighted by molar-refractivity contribution is 6.31. The Balaban J connectivity index is 2.11. The quantitative estimate of drug-likeness (QED) is 0.579. The summed E-state index contributed by atoms with van der Waals surface area (Å²) in [6, 6.07) is 3.74. The molecule has 8 heteroatoms. The fraction of sp³-hybridized carbons (Fsp3) is 0.500. The van der Waals surface area contributed by atoms with Crippen molar-refractivity contribution in [1.29, 1.82) is 0 Å². The van der Waals surface area contributed by atoms with Gasteiger partial charge in [0, 0.05) is 5.02 Å². The van der Waals surface area contributed by atoms with Gasteiger partial charge in [-0.2, -0.15) is 5.10 Å². The molecule has 0 spiro atoms. The second-order valence-electron chi connectivity index (χ2n) is 6.72. The maximum Gasteiger partial charge on any atom is 0.312 e. The summed E-state index contributed by atoms with van der Waals surface area (Å²) in [7, 11) is 0. The van der Waals surface area contributed by atoms with Crippen LogP contribution < -0.4 is 4.74 Å². The van der Waals surface area contributed by atoms with Gasteiger partial charge in [-0.3, -0.25) is 14.8 Å². The first-order valence-electron chi connectivity index (χ1n) is 8.41. The summed E-state index contributed by atoms with van der Waals surface area (Å²) in [5.41, 5.74) is 2.59. The standard InChI is InChI=1S/C18H24ClN3O4/c1-10(2)15-7-16(19)11(3)6-17(15)26-9-14(23)8-21-13(5)18(22(24)25)12(4)20-21/h6-7,10,14,23H,8-9H2,1-5H3. The summed E-state index contributed by atoms with van der Waals surface area (Å²) in [6.07, 6.45) is -0.858. The van der Waals surface area contributed by atoms with E-state index in [9.17, 15) is 15.2 Å². The van der Waals surface area contributed by atoms with Crippen molar-refractivity contribution in [2.24, 2.45) is 0 Å². The zero-order valence-electron chi connectivity index (χ0n) is 15.6. The summed E-state index contributed by atoms with van der Waals surface area (Å²) in [5.74, 6) is 0.902. The Labute approximate surface area is 157 Å². The molecule has 1 N–H and O–H groups in total. The molecule has 0 bridgehead atoms. The van der Waals surface area contributed by atoms with Gasteiger partial charge in [-0.05, 0) is 49.9 Å². The van der Waals surface area contributed by atoms with Gasteiger partial charge in [0.25, 0.3) is 0 Å². The minimum Gasteiger partial charge on any atom is -0.491 e. The maximum atomic E-state index is 11.1. The molecule has 0 aliphatic rings.